The number of carbonyl (C=O) groups is 2. The largest absolute Gasteiger partial charge is 0.510 e. The fourth-order valence-corrected chi connectivity index (χ4v) is 6.68. The summed E-state index contributed by atoms with van der Waals surface area (Å²) in [6, 6.07) is 0.900. The number of aromatic nitrogens is 1. The van der Waals surface area contributed by atoms with Gasteiger partial charge in [0.05, 0.1) is 11.2 Å². The standard InChI is InChI=1S/C22H27FN2O12P2/c1-11-3-4-13-17-14(19(26)15(20(27)28)10-25(11)17)9-16(23)18(13)24-7-5-12(6-8-24)36-21(29)37-22(2,38(30,31)32)39(33,34)35/h9-12H,3-8H2,1-2H3,(H,27,28)(H2,30,31,32)(H2,33,34,35). The van der Waals surface area contributed by atoms with Gasteiger partial charge in [-0.3, -0.25) is 13.9 Å². The Bertz CT molecular complexity index is 1480. The molecule has 0 bridgehead atoms. The summed E-state index contributed by atoms with van der Waals surface area (Å²) in [6.45, 7) is 2.60. The maximum atomic E-state index is 15.4. The van der Waals surface area contributed by atoms with Gasteiger partial charge in [-0.2, -0.15) is 0 Å². The van der Waals surface area contributed by atoms with Crippen molar-refractivity contribution in [1.29, 1.82) is 0 Å². The number of ether oxygens (including phenoxy) is 2. The first-order valence-electron chi connectivity index (χ1n) is 11.9. The number of carbonyl (C=O) groups excluding carboxylic acids is 1. The smallest absolute Gasteiger partial charge is 0.477 e. The van der Waals surface area contributed by atoms with Crippen LogP contribution >= 0.6 is 15.2 Å². The summed E-state index contributed by atoms with van der Waals surface area (Å²) in [6.07, 6.45) is -0.0150. The molecule has 0 radical (unpaired) electrons. The van der Waals surface area contributed by atoms with Gasteiger partial charge in [0.2, 0.25) is 5.43 Å². The van der Waals surface area contributed by atoms with Crippen LogP contribution in [0.2, 0.25) is 0 Å². The first kappa shape index (κ1) is 29.2. The number of carboxylic acids is 1. The number of piperidine rings is 1. The minimum Gasteiger partial charge on any atom is -0.477 e. The van der Waals surface area contributed by atoms with Gasteiger partial charge >= 0.3 is 32.4 Å². The number of hydrogen-bond acceptors (Lipinski definition) is 8. The van der Waals surface area contributed by atoms with Crippen LogP contribution < -0.4 is 10.3 Å². The van der Waals surface area contributed by atoms with E-state index >= 15 is 4.39 Å². The van der Waals surface area contributed by atoms with Crippen molar-refractivity contribution in [2.75, 3.05) is 18.0 Å². The van der Waals surface area contributed by atoms with E-state index in [4.69, 9.17) is 4.74 Å². The van der Waals surface area contributed by atoms with Crippen molar-refractivity contribution in [2.45, 2.75) is 56.8 Å². The molecule has 5 N–H and O–H groups in total. The number of benzene rings is 1. The second-order valence-electron chi connectivity index (χ2n) is 9.73. The number of anilines is 1. The predicted molar refractivity (Wildman–Crippen MR) is 133 cm³/mol. The van der Waals surface area contributed by atoms with Crippen molar-refractivity contribution in [1.82, 2.24) is 4.57 Å². The van der Waals surface area contributed by atoms with Crippen molar-refractivity contribution < 1.29 is 57.3 Å². The van der Waals surface area contributed by atoms with Gasteiger partial charge in [-0.05, 0) is 32.8 Å². The zero-order valence-corrected chi connectivity index (χ0v) is 22.6. The van der Waals surface area contributed by atoms with Gasteiger partial charge in [-0.15, -0.1) is 0 Å². The Morgan fingerprint density at radius 3 is 2.23 bits per heavy atom. The Kier molecular flexibility index (Phi) is 7.48. The highest BCUT2D eigenvalue weighted by Gasteiger charge is 2.61. The summed E-state index contributed by atoms with van der Waals surface area (Å²) < 4.78 is 49.8. The van der Waals surface area contributed by atoms with E-state index in [1.165, 1.54) is 6.20 Å². The maximum Gasteiger partial charge on any atom is 0.510 e. The van der Waals surface area contributed by atoms with Crippen molar-refractivity contribution in [2.24, 2.45) is 0 Å². The summed E-state index contributed by atoms with van der Waals surface area (Å²) in [5.41, 5.74) is 0.0130. The molecule has 2 aliphatic heterocycles. The Labute approximate surface area is 220 Å². The Hall–Kier alpha value is -2.80. The van der Waals surface area contributed by atoms with E-state index in [9.17, 15) is 48.2 Å². The average molecular weight is 592 g/mol. The van der Waals surface area contributed by atoms with Gasteiger partial charge in [0.25, 0.3) is 0 Å². The molecule has 0 aliphatic carbocycles. The molecule has 17 heteroatoms. The van der Waals surface area contributed by atoms with Crippen LogP contribution in [0.3, 0.4) is 0 Å². The summed E-state index contributed by atoms with van der Waals surface area (Å²) in [5, 5.41) is 5.98. The molecule has 1 atom stereocenters. The quantitative estimate of drug-likeness (QED) is 0.241. The van der Waals surface area contributed by atoms with Gasteiger partial charge in [0.1, 0.15) is 17.5 Å². The molecule has 1 unspecified atom stereocenters. The van der Waals surface area contributed by atoms with Gasteiger partial charge < -0.3 is 43.6 Å². The molecule has 0 spiro atoms. The van der Waals surface area contributed by atoms with Crippen LogP contribution in [-0.4, -0.2) is 65.6 Å². The monoisotopic (exact) mass is 592 g/mol. The molecular weight excluding hydrogens is 565 g/mol. The molecule has 2 aliphatic rings. The van der Waals surface area contributed by atoms with Gasteiger partial charge in [0, 0.05) is 49.1 Å². The molecule has 214 valence electrons. The van der Waals surface area contributed by atoms with E-state index in [1.54, 1.807) is 9.47 Å². The van der Waals surface area contributed by atoms with Crippen molar-refractivity contribution in [3.8, 4) is 0 Å². The van der Waals surface area contributed by atoms with E-state index in [0.717, 1.165) is 6.07 Å². The molecular formula is C22H27FN2O12P2. The SMILES string of the molecule is CC1CCc2c(N3CCC(OC(=O)OC(C)(P(=O)(O)O)P(=O)(O)O)CC3)c(F)cc3c(=O)c(C(=O)O)cn1c23. The number of hydrogen-bond donors (Lipinski definition) is 5. The fourth-order valence-electron chi connectivity index (χ4n) is 4.93. The fraction of sp³-hybridized carbons (Fsp3) is 0.500. The first-order valence-corrected chi connectivity index (χ1v) is 15.1. The lowest BCUT2D eigenvalue weighted by atomic mass is 9.93. The average Bonchev–Trinajstić information content (AvgIpc) is 2.81. The van der Waals surface area contributed by atoms with E-state index in [0.29, 0.717) is 30.8 Å². The van der Waals surface area contributed by atoms with Crippen LogP contribution in [0.5, 0.6) is 0 Å². The van der Waals surface area contributed by atoms with Crippen molar-refractivity contribution >= 4 is 43.9 Å². The number of pyridine rings is 1. The van der Waals surface area contributed by atoms with Crippen molar-refractivity contribution in [3.05, 3.63) is 39.4 Å². The Morgan fingerprint density at radius 1 is 1.10 bits per heavy atom. The summed E-state index contributed by atoms with van der Waals surface area (Å²) in [4.78, 5) is 75.6. The number of aryl methyl sites for hydroxylation is 1. The molecule has 4 rings (SSSR count). The number of halogens is 1. The van der Waals surface area contributed by atoms with Crippen LogP contribution in [0.4, 0.5) is 14.9 Å². The third-order valence-electron chi connectivity index (χ3n) is 7.24. The minimum atomic E-state index is -5.61. The minimum absolute atomic E-state index is 0.0307. The normalized spacial score (nSPS) is 18.7. The van der Waals surface area contributed by atoms with Crippen molar-refractivity contribution in [3.63, 3.8) is 0 Å². The predicted octanol–water partition coefficient (Wildman–Crippen LogP) is 2.50. The number of carboxylic acid groups (broad SMARTS) is 1. The lowest BCUT2D eigenvalue weighted by Gasteiger charge is -2.37. The van der Waals surface area contributed by atoms with Crippen LogP contribution in [0.25, 0.3) is 10.9 Å². The van der Waals surface area contributed by atoms with E-state index in [1.807, 2.05) is 6.92 Å². The van der Waals surface area contributed by atoms with Crippen LogP contribution in [0.15, 0.2) is 17.1 Å². The second-order valence-corrected chi connectivity index (χ2v) is 14.0. The van der Waals surface area contributed by atoms with Gasteiger partial charge in [-0.25, -0.2) is 14.0 Å². The zero-order chi connectivity index (χ0) is 29.1. The summed E-state index contributed by atoms with van der Waals surface area (Å²) in [5.74, 6) is -2.12. The third kappa shape index (κ3) is 5.10. The third-order valence-corrected chi connectivity index (χ3v) is 11.1. The van der Waals surface area contributed by atoms with E-state index in [-0.39, 0.29) is 43.0 Å². The molecule has 3 heterocycles. The lowest BCUT2D eigenvalue weighted by Crippen LogP contribution is -2.40. The van der Waals surface area contributed by atoms with Crippen LogP contribution in [0, 0.1) is 5.82 Å². The van der Waals surface area contributed by atoms with Gasteiger partial charge in [-0.1, -0.05) is 0 Å². The molecule has 14 nitrogen and oxygen atoms in total. The van der Waals surface area contributed by atoms with Gasteiger partial charge in [0.15, 0.2) is 0 Å². The molecule has 2 aromatic rings. The lowest BCUT2D eigenvalue weighted by molar-refractivity contribution is -0.00815. The maximum absolute atomic E-state index is 15.4. The molecule has 1 saturated heterocycles. The second kappa shape index (κ2) is 9.99. The van der Waals surface area contributed by atoms with Crippen LogP contribution in [0.1, 0.15) is 55.1 Å². The highest BCUT2D eigenvalue weighted by atomic mass is 31.2. The molecule has 1 fully saturated rings. The molecule has 1 aromatic carbocycles. The first-order chi connectivity index (χ1) is 18.0. The molecule has 39 heavy (non-hydrogen) atoms. The zero-order valence-electron chi connectivity index (χ0n) is 20.8. The topological polar surface area (TPSA) is 213 Å². The summed E-state index contributed by atoms with van der Waals surface area (Å²) >= 11 is 0. The highest BCUT2D eigenvalue weighted by molar-refractivity contribution is 7.72. The Balaban J connectivity index is 1.57. The molecule has 0 amide bonds. The number of nitrogens with zero attached hydrogens (tertiary/aromatic N) is 2. The summed E-state index contributed by atoms with van der Waals surface area (Å²) in [7, 11) is -11.2. The number of aromatic carboxylic acids is 1. The highest BCUT2D eigenvalue weighted by Crippen LogP contribution is 2.69. The number of rotatable bonds is 6. The molecule has 1 aromatic heterocycles. The van der Waals surface area contributed by atoms with Crippen LogP contribution in [-0.2, 0) is 25.0 Å². The van der Waals surface area contributed by atoms with E-state index in [2.05, 4.69) is 4.74 Å². The molecule has 0 saturated carbocycles. The Morgan fingerprint density at radius 2 is 1.69 bits per heavy atom. The van der Waals surface area contributed by atoms with E-state index < -0.39 is 55.3 Å².